The molecule has 0 bridgehead atoms. The normalized spacial score (nSPS) is 25.1. The molecule has 1 fully saturated rings. The largest absolute Gasteiger partial charge is 0.452 e. The minimum atomic E-state index is 0.778. The molecule has 2 unspecified atom stereocenters. The molecule has 1 heterocycles. The summed E-state index contributed by atoms with van der Waals surface area (Å²) in [6, 6.07) is 2.02. The highest BCUT2D eigenvalue weighted by Gasteiger charge is 2.20. The summed E-state index contributed by atoms with van der Waals surface area (Å²) in [6.45, 7) is 4.30. The fraction of sp³-hybridized carbons (Fsp3) is 0.692. The maximum atomic E-state index is 5.54. The van der Waals surface area contributed by atoms with Crippen molar-refractivity contribution >= 4 is 31.9 Å². The molecule has 1 aromatic heterocycles. The molecule has 1 aliphatic carbocycles. The van der Waals surface area contributed by atoms with Crippen molar-refractivity contribution in [1.29, 1.82) is 0 Å². The van der Waals surface area contributed by atoms with E-state index in [9.17, 15) is 0 Å². The Kier molecular flexibility index (Phi) is 5.12. The summed E-state index contributed by atoms with van der Waals surface area (Å²) in [5.74, 6) is 2.68. The molecule has 17 heavy (non-hydrogen) atoms. The van der Waals surface area contributed by atoms with Crippen LogP contribution in [0.15, 0.2) is 19.6 Å². The van der Waals surface area contributed by atoms with Crippen LogP contribution in [0.1, 0.15) is 38.4 Å². The van der Waals surface area contributed by atoms with E-state index in [0.717, 1.165) is 39.8 Å². The van der Waals surface area contributed by atoms with Crippen molar-refractivity contribution in [1.82, 2.24) is 5.32 Å². The summed E-state index contributed by atoms with van der Waals surface area (Å²) >= 11 is 6.78. The average molecular weight is 365 g/mol. The van der Waals surface area contributed by atoms with Crippen LogP contribution in [0.4, 0.5) is 0 Å². The van der Waals surface area contributed by atoms with Gasteiger partial charge in [-0.25, -0.2) is 0 Å². The number of nitrogens with one attached hydrogen (secondary N) is 1. The van der Waals surface area contributed by atoms with Gasteiger partial charge in [-0.3, -0.25) is 0 Å². The van der Waals surface area contributed by atoms with E-state index in [1.54, 1.807) is 0 Å². The number of rotatable bonds is 4. The van der Waals surface area contributed by atoms with E-state index < -0.39 is 0 Å². The van der Waals surface area contributed by atoms with Crippen molar-refractivity contribution in [3.63, 3.8) is 0 Å². The standard InChI is InChI=1S/C13H19Br2NO/c1-9-4-2-3-5-10(9)7-16-8-11-6-12(14)13(15)17-11/h6,9-10,16H,2-5,7-8H2,1H3. The maximum Gasteiger partial charge on any atom is 0.183 e. The molecule has 2 atom stereocenters. The van der Waals surface area contributed by atoms with Crippen LogP contribution in [0.25, 0.3) is 0 Å². The first-order chi connectivity index (χ1) is 8.16. The molecule has 1 N–H and O–H groups in total. The molecular formula is C13H19Br2NO. The summed E-state index contributed by atoms with van der Waals surface area (Å²) in [4.78, 5) is 0. The quantitative estimate of drug-likeness (QED) is 0.836. The summed E-state index contributed by atoms with van der Waals surface area (Å²) in [5.41, 5.74) is 0. The van der Waals surface area contributed by atoms with Gasteiger partial charge in [0.1, 0.15) is 5.76 Å². The van der Waals surface area contributed by atoms with Crippen molar-refractivity contribution in [3.8, 4) is 0 Å². The highest BCUT2D eigenvalue weighted by molar-refractivity contribution is 9.13. The van der Waals surface area contributed by atoms with Crippen LogP contribution in [0.3, 0.4) is 0 Å². The Morgan fingerprint density at radius 3 is 2.76 bits per heavy atom. The van der Waals surface area contributed by atoms with Crippen LogP contribution in [0, 0.1) is 11.8 Å². The van der Waals surface area contributed by atoms with Gasteiger partial charge in [-0.2, -0.15) is 0 Å². The SMILES string of the molecule is CC1CCCCC1CNCc1cc(Br)c(Br)o1. The third-order valence-corrected chi connectivity index (χ3v) is 5.40. The fourth-order valence-electron chi connectivity index (χ4n) is 2.56. The molecule has 0 saturated heterocycles. The van der Waals surface area contributed by atoms with Crippen LogP contribution >= 0.6 is 31.9 Å². The lowest BCUT2D eigenvalue weighted by Gasteiger charge is -2.28. The summed E-state index contributed by atoms with van der Waals surface area (Å²) in [7, 11) is 0. The van der Waals surface area contributed by atoms with E-state index in [-0.39, 0.29) is 0 Å². The highest BCUT2D eigenvalue weighted by Crippen LogP contribution is 2.29. The molecule has 0 spiro atoms. The second kappa shape index (κ2) is 6.39. The summed E-state index contributed by atoms with van der Waals surface area (Å²) < 4.78 is 7.30. The molecule has 4 heteroatoms. The molecule has 0 radical (unpaired) electrons. The van der Waals surface area contributed by atoms with Crippen LogP contribution in [0.2, 0.25) is 0 Å². The summed E-state index contributed by atoms with van der Waals surface area (Å²) in [5, 5.41) is 3.51. The van der Waals surface area contributed by atoms with Crippen LogP contribution in [0.5, 0.6) is 0 Å². The third-order valence-electron chi connectivity index (χ3n) is 3.69. The van der Waals surface area contributed by atoms with Gasteiger partial charge < -0.3 is 9.73 Å². The molecule has 0 aromatic carbocycles. The van der Waals surface area contributed by atoms with Crippen molar-refractivity contribution in [2.75, 3.05) is 6.54 Å². The van der Waals surface area contributed by atoms with Gasteiger partial charge in [-0.15, -0.1) is 0 Å². The van der Waals surface area contributed by atoms with Gasteiger partial charge in [0.15, 0.2) is 4.67 Å². The third kappa shape index (κ3) is 3.83. The molecule has 2 nitrogen and oxygen atoms in total. The zero-order valence-electron chi connectivity index (χ0n) is 10.1. The van der Waals surface area contributed by atoms with E-state index in [2.05, 4.69) is 44.1 Å². The lowest BCUT2D eigenvalue weighted by atomic mass is 9.80. The van der Waals surface area contributed by atoms with Gasteiger partial charge in [0.25, 0.3) is 0 Å². The number of hydrogen-bond donors (Lipinski definition) is 1. The molecule has 0 amide bonds. The monoisotopic (exact) mass is 363 g/mol. The second-order valence-electron chi connectivity index (χ2n) is 4.99. The van der Waals surface area contributed by atoms with Crippen LogP contribution in [-0.2, 0) is 6.54 Å². The first kappa shape index (κ1) is 13.6. The van der Waals surface area contributed by atoms with E-state index >= 15 is 0 Å². The van der Waals surface area contributed by atoms with E-state index in [1.807, 2.05) is 6.07 Å². The topological polar surface area (TPSA) is 25.2 Å². The minimum Gasteiger partial charge on any atom is -0.452 e. The molecule has 1 saturated carbocycles. The molecule has 1 aromatic rings. The first-order valence-electron chi connectivity index (χ1n) is 6.31. The molecular weight excluding hydrogens is 346 g/mol. The Morgan fingerprint density at radius 2 is 2.12 bits per heavy atom. The number of hydrogen-bond acceptors (Lipinski definition) is 2. The van der Waals surface area contributed by atoms with Crippen molar-refractivity contribution in [3.05, 3.63) is 21.0 Å². The minimum absolute atomic E-state index is 0.778. The lowest BCUT2D eigenvalue weighted by molar-refractivity contribution is 0.245. The molecule has 96 valence electrons. The van der Waals surface area contributed by atoms with Crippen LogP contribution < -0.4 is 5.32 Å². The van der Waals surface area contributed by atoms with Gasteiger partial charge in [-0.05, 0) is 62.7 Å². The van der Waals surface area contributed by atoms with E-state index in [4.69, 9.17) is 4.42 Å². The lowest BCUT2D eigenvalue weighted by Crippen LogP contribution is -2.28. The van der Waals surface area contributed by atoms with E-state index in [0.29, 0.717) is 0 Å². The van der Waals surface area contributed by atoms with Gasteiger partial charge in [0, 0.05) is 0 Å². The van der Waals surface area contributed by atoms with Gasteiger partial charge in [-0.1, -0.05) is 26.2 Å². The molecule has 2 rings (SSSR count). The predicted molar refractivity (Wildman–Crippen MR) is 76.9 cm³/mol. The van der Waals surface area contributed by atoms with Crippen LogP contribution in [-0.4, -0.2) is 6.54 Å². The first-order valence-corrected chi connectivity index (χ1v) is 7.90. The molecule has 0 aliphatic heterocycles. The van der Waals surface area contributed by atoms with E-state index in [1.165, 1.54) is 25.7 Å². The fourth-order valence-corrected chi connectivity index (χ4v) is 3.21. The Labute approximate surface area is 120 Å². The zero-order chi connectivity index (χ0) is 12.3. The molecule has 1 aliphatic rings. The predicted octanol–water partition coefficient (Wildman–Crippen LogP) is 4.72. The Hall–Kier alpha value is 0.200. The zero-order valence-corrected chi connectivity index (χ0v) is 13.3. The number of furan rings is 1. The Morgan fingerprint density at radius 1 is 1.35 bits per heavy atom. The second-order valence-corrected chi connectivity index (χ2v) is 6.56. The number of halogens is 2. The summed E-state index contributed by atoms with van der Waals surface area (Å²) in [6.07, 6.45) is 5.58. The van der Waals surface area contributed by atoms with Crippen molar-refractivity contribution in [2.24, 2.45) is 11.8 Å². The smallest absolute Gasteiger partial charge is 0.183 e. The highest BCUT2D eigenvalue weighted by atomic mass is 79.9. The van der Waals surface area contributed by atoms with Gasteiger partial charge in [0.2, 0.25) is 0 Å². The van der Waals surface area contributed by atoms with Crippen molar-refractivity contribution < 1.29 is 4.42 Å². The average Bonchev–Trinajstić information content (AvgIpc) is 2.61. The van der Waals surface area contributed by atoms with Crippen molar-refractivity contribution in [2.45, 2.75) is 39.2 Å². The Balaban J connectivity index is 1.75. The maximum absolute atomic E-state index is 5.54. The van der Waals surface area contributed by atoms with Gasteiger partial charge in [0.05, 0.1) is 11.0 Å². The Bertz CT molecular complexity index is 345. The van der Waals surface area contributed by atoms with Gasteiger partial charge >= 0.3 is 0 Å².